The number of hydrogen-bond acceptors (Lipinski definition) is 7. The lowest BCUT2D eigenvalue weighted by Gasteiger charge is -2.15. The summed E-state index contributed by atoms with van der Waals surface area (Å²) in [5, 5.41) is 3.23. The van der Waals surface area contributed by atoms with Gasteiger partial charge in [-0.25, -0.2) is 19.2 Å². The number of aryl methyl sites for hydroxylation is 1. The zero-order valence-electron chi connectivity index (χ0n) is 18.6. The Bertz CT molecular complexity index is 1510. The molecular weight excluding hydrogens is 452 g/mol. The Morgan fingerprint density at radius 3 is 2.79 bits per heavy atom. The van der Waals surface area contributed by atoms with Crippen LogP contribution in [0.4, 0.5) is 17.2 Å². The summed E-state index contributed by atoms with van der Waals surface area (Å²) in [6.07, 6.45) is 7.18. The Kier molecular flexibility index (Phi) is 4.63. The lowest BCUT2D eigenvalue weighted by atomic mass is 10.1. The molecule has 172 valence electrons. The molecule has 3 N–H and O–H groups in total. The van der Waals surface area contributed by atoms with Gasteiger partial charge in [0.25, 0.3) is 5.91 Å². The van der Waals surface area contributed by atoms with Crippen LogP contribution in [0.5, 0.6) is 0 Å². The topological polar surface area (TPSA) is 132 Å². The standard InChI is InChI=1S/C23H22N8O2S/c1-30-11-26-19-15(8-25-9-17(19)30)20-18(12-3-4-12)29-23(21(28-20)22(24)32)27-14-5-6-16-13(7-14)10-34(33)31(16)2/h5-9,11-12H,3-4,10H2,1-2H3,(H2,24,32)(H,27,29). The number of benzene rings is 1. The number of nitrogens with two attached hydrogens (primary N) is 1. The van der Waals surface area contributed by atoms with Crippen molar-refractivity contribution in [1.29, 1.82) is 0 Å². The van der Waals surface area contributed by atoms with E-state index in [1.807, 2.05) is 36.9 Å². The maximum Gasteiger partial charge on any atom is 0.271 e. The fourth-order valence-electron chi connectivity index (χ4n) is 4.33. The van der Waals surface area contributed by atoms with Crippen LogP contribution in [0.15, 0.2) is 36.9 Å². The molecule has 1 fully saturated rings. The van der Waals surface area contributed by atoms with Gasteiger partial charge in [0.2, 0.25) is 0 Å². The van der Waals surface area contributed by atoms with E-state index < -0.39 is 16.9 Å². The number of primary amides is 1. The van der Waals surface area contributed by atoms with Gasteiger partial charge in [-0.2, -0.15) is 0 Å². The van der Waals surface area contributed by atoms with Gasteiger partial charge in [0.1, 0.15) is 16.5 Å². The number of anilines is 3. The first-order valence-electron chi connectivity index (χ1n) is 10.9. The molecular formula is C23H22N8O2S. The Morgan fingerprint density at radius 1 is 1.21 bits per heavy atom. The number of nitrogens with one attached hydrogen (secondary N) is 1. The minimum atomic E-state index is -1.08. The molecule has 4 heterocycles. The highest BCUT2D eigenvalue weighted by Gasteiger charge is 2.32. The highest BCUT2D eigenvalue weighted by molar-refractivity contribution is 7.86. The normalized spacial score (nSPS) is 17.2. The van der Waals surface area contributed by atoms with Crippen LogP contribution in [-0.4, -0.2) is 41.7 Å². The quantitative estimate of drug-likeness (QED) is 0.454. The number of hydrogen-bond donors (Lipinski definition) is 2. The second-order valence-electron chi connectivity index (χ2n) is 8.64. The number of fused-ring (bicyclic) bond motifs is 2. The van der Waals surface area contributed by atoms with Gasteiger partial charge in [0.15, 0.2) is 11.5 Å². The molecule has 0 bridgehead atoms. The lowest BCUT2D eigenvalue weighted by molar-refractivity contribution is 0.0996. The van der Waals surface area contributed by atoms with E-state index in [0.29, 0.717) is 17.3 Å². The maximum atomic E-state index is 12.4. The van der Waals surface area contributed by atoms with Gasteiger partial charge in [0.05, 0.1) is 40.9 Å². The first-order valence-corrected chi connectivity index (χ1v) is 12.2. The molecule has 1 atom stereocenters. The molecule has 34 heavy (non-hydrogen) atoms. The van der Waals surface area contributed by atoms with Crippen LogP contribution in [-0.2, 0) is 23.8 Å². The number of carbonyl (C=O) groups is 1. The summed E-state index contributed by atoms with van der Waals surface area (Å²) in [4.78, 5) is 30.9. The fraction of sp³-hybridized carbons (Fsp3) is 0.261. The number of carbonyl (C=O) groups excluding carboxylic acids is 1. The molecule has 4 aromatic rings. The van der Waals surface area contributed by atoms with Crippen LogP contribution in [0.1, 0.15) is 40.5 Å². The van der Waals surface area contributed by atoms with E-state index in [0.717, 1.165) is 52.1 Å². The van der Waals surface area contributed by atoms with Gasteiger partial charge in [-0.05, 0) is 36.6 Å². The van der Waals surface area contributed by atoms with Crippen molar-refractivity contribution >= 4 is 45.1 Å². The molecule has 1 amide bonds. The third kappa shape index (κ3) is 3.31. The minimum Gasteiger partial charge on any atom is -0.364 e. The molecule has 10 nitrogen and oxygen atoms in total. The first kappa shape index (κ1) is 20.7. The second-order valence-corrected chi connectivity index (χ2v) is 10.1. The van der Waals surface area contributed by atoms with Gasteiger partial charge in [0, 0.05) is 37.5 Å². The summed E-state index contributed by atoms with van der Waals surface area (Å²) >= 11 is 0. The molecule has 1 aliphatic heterocycles. The van der Waals surface area contributed by atoms with E-state index in [2.05, 4.69) is 15.3 Å². The molecule has 2 aliphatic rings. The molecule has 6 rings (SSSR count). The predicted molar refractivity (Wildman–Crippen MR) is 130 cm³/mol. The highest BCUT2D eigenvalue weighted by Crippen LogP contribution is 2.44. The minimum absolute atomic E-state index is 0.0496. The second kappa shape index (κ2) is 7.59. The van der Waals surface area contributed by atoms with Crippen molar-refractivity contribution in [3.8, 4) is 11.3 Å². The summed E-state index contributed by atoms with van der Waals surface area (Å²) in [6, 6.07) is 5.70. The van der Waals surface area contributed by atoms with E-state index in [1.165, 1.54) is 0 Å². The van der Waals surface area contributed by atoms with Crippen LogP contribution in [0, 0.1) is 0 Å². The molecule has 1 aromatic carbocycles. The average molecular weight is 475 g/mol. The Balaban J connectivity index is 1.47. The van der Waals surface area contributed by atoms with Gasteiger partial charge in [-0.3, -0.25) is 14.1 Å². The van der Waals surface area contributed by atoms with Crippen molar-refractivity contribution in [3.05, 3.63) is 53.9 Å². The molecule has 0 radical (unpaired) electrons. The predicted octanol–water partition coefficient (Wildman–Crippen LogP) is 2.76. The number of nitrogens with zero attached hydrogens (tertiary/aromatic N) is 6. The molecule has 0 saturated heterocycles. The summed E-state index contributed by atoms with van der Waals surface area (Å²) in [6.45, 7) is 0. The van der Waals surface area contributed by atoms with Crippen molar-refractivity contribution < 1.29 is 9.00 Å². The van der Waals surface area contributed by atoms with Crippen LogP contribution in [0.25, 0.3) is 22.3 Å². The van der Waals surface area contributed by atoms with Crippen molar-refractivity contribution in [2.45, 2.75) is 24.5 Å². The monoisotopic (exact) mass is 474 g/mol. The number of aromatic nitrogens is 5. The van der Waals surface area contributed by atoms with Crippen molar-refractivity contribution in [1.82, 2.24) is 24.5 Å². The summed E-state index contributed by atoms with van der Waals surface area (Å²) in [7, 11) is 2.64. The Hall–Kier alpha value is -3.86. The molecule has 1 aliphatic carbocycles. The van der Waals surface area contributed by atoms with E-state index in [4.69, 9.17) is 15.7 Å². The van der Waals surface area contributed by atoms with E-state index in [1.54, 1.807) is 23.0 Å². The molecule has 1 unspecified atom stereocenters. The lowest BCUT2D eigenvalue weighted by Crippen LogP contribution is -2.18. The van der Waals surface area contributed by atoms with Crippen LogP contribution < -0.4 is 15.4 Å². The summed E-state index contributed by atoms with van der Waals surface area (Å²) < 4.78 is 15.8. The van der Waals surface area contributed by atoms with Gasteiger partial charge in [-0.15, -0.1) is 0 Å². The largest absolute Gasteiger partial charge is 0.364 e. The number of imidazole rings is 1. The van der Waals surface area contributed by atoms with Gasteiger partial charge in [-0.1, -0.05) is 0 Å². The Labute approximate surface area is 197 Å². The zero-order chi connectivity index (χ0) is 23.6. The van der Waals surface area contributed by atoms with E-state index in [-0.39, 0.29) is 11.6 Å². The van der Waals surface area contributed by atoms with Crippen molar-refractivity contribution in [2.75, 3.05) is 16.7 Å². The fourth-order valence-corrected chi connectivity index (χ4v) is 5.41. The van der Waals surface area contributed by atoms with Crippen LogP contribution >= 0.6 is 0 Å². The number of rotatable bonds is 5. The van der Waals surface area contributed by atoms with Crippen molar-refractivity contribution in [2.24, 2.45) is 12.8 Å². The van der Waals surface area contributed by atoms with Crippen LogP contribution in [0.2, 0.25) is 0 Å². The van der Waals surface area contributed by atoms with Crippen LogP contribution in [0.3, 0.4) is 0 Å². The van der Waals surface area contributed by atoms with Gasteiger partial charge >= 0.3 is 0 Å². The van der Waals surface area contributed by atoms with E-state index in [9.17, 15) is 9.00 Å². The molecule has 11 heteroatoms. The third-order valence-electron chi connectivity index (χ3n) is 6.28. The summed E-state index contributed by atoms with van der Waals surface area (Å²) in [5.41, 5.74) is 12.1. The van der Waals surface area contributed by atoms with E-state index >= 15 is 0 Å². The van der Waals surface area contributed by atoms with Crippen molar-refractivity contribution in [3.63, 3.8) is 0 Å². The highest BCUT2D eigenvalue weighted by atomic mass is 32.2. The smallest absolute Gasteiger partial charge is 0.271 e. The average Bonchev–Trinajstić information content (AvgIpc) is 3.54. The third-order valence-corrected chi connectivity index (χ3v) is 7.65. The molecule has 0 spiro atoms. The maximum absolute atomic E-state index is 12.4. The van der Waals surface area contributed by atoms with Gasteiger partial charge < -0.3 is 15.6 Å². The SMILES string of the molecule is CN1c2ccc(Nc3nc(C4CC4)c(-c4cncc5c4ncn5C)nc3C(N)=O)cc2CS1=O. The molecule has 1 saturated carbocycles. The first-order chi connectivity index (χ1) is 16.4. The Morgan fingerprint density at radius 2 is 2.03 bits per heavy atom. The number of amides is 1. The summed E-state index contributed by atoms with van der Waals surface area (Å²) in [5.74, 6) is 0.330. The zero-order valence-corrected chi connectivity index (χ0v) is 19.5. The molecule has 3 aromatic heterocycles. The number of pyridine rings is 1.